The van der Waals surface area contributed by atoms with Crippen LogP contribution in [0.5, 0.6) is 11.5 Å². The summed E-state index contributed by atoms with van der Waals surface area (Å²) in [7, 11) is 0. The number of hydrogen-bond acceptors (Lipinski definition) is 4. The number of rotatable bonds is 6. The van der Waals surface area contributed by atoms with E-state index in [0.29, 0.717) is 35.7 Å². The molecule has 0 unspecified atom stereocenters. The Morgan fingerprint density at radius 1 is 0.788 bits per heavy atom. The molecule has 4 rings (SSSR count). The van der Waals surface area contributed by atoms with Crippen molar-refractivity contribution in [1.29, 1.82) is 0 Å². The maximum atomic E-state index is 12.9. The van der Waals surface area contributed by atoms with Crippen LogP contribution in [0.4, 0.5) is 0 Å². The minimum atomic E-state index is -0.486. The van der Waals surface area contributed by atoms with Crippen molar-refractivity contribution in [3.8, 4) is 11.5 Å². The maximum Gasteiger partial charge on any atom is 0.253 e. The number of ether oxygens (including phenoxy) is 1. The summed E-state index contributed by atoms with van der Waals surface area (Å²) in [4.78, 5) is 38.4. The standard InChI is InChI=1S/C26H31N3O4/c27-24(30)18-6-10-22(11-7-18)33-23-12-8-20(9-13-23)26(32)29-16-14-21(15-17-29)28-25(31)19-4-2-1-3-5-19/h6-13,19,21H,1-5,14-17H2,(H2,27,30)(H,28,31). The van der Waals surface area contributed by atoms with E-state index in [4.69, 9.17) is 10.5 Å². The van der Waals surface area contributed by atoms with Gasteiger partial charge in [0.2, 0.25) is 11.8 Å². The number of carbonyl (C=O) groups is 3. The molecule has 2 fully saturated rings. The average Bonchev–Trinajstić information content (AvgIpc) is 2.85. The highest BCUT2D eigenvalue weighted by Gasteiger charge is 2.27. The van der Waals surface area contributed by atoms with Gasteiger partial charge in [0.25, 0.3) is 5.91 Å². The molecule has 3 amide bonds. The fourth-order valence-electron chi connectivity index (χ4n) is 4.58. The van der Waals surface area contributed by atoms with Crippen LogP contribution in [0.2, 0.25) is 0 Å². The second-order valence-electron chi connectivity index (χ2n) is 8.93. The zero-order chi connectivity index (χ0) is 23.2. The number of nitrogens with zero attached hydrogens (tertiary/aromatic N) is 1. The lowest BCUT2D eigenvalue weighted by Gasteiger charge is -2.33. The van der Waals surface area contributed by atoms with Gasteiger partial charge in [0, 0.05) is 36.2 Å². The number of carbonyl (C=O) groups excluding carboxylic acids is 3. The summed E-state index contributed by atoms with van der Waals surface area (Å²) in [5.41, 5.74) is 6.27. The normalized spacial score (nSPS) is 17.4. The molecule has 2 aromatic carbocycles. The average molecular weight is 450 g/mol. The van der Waals surface area contributed by atoms with Gasteiger partial charge in [0.15, 0.2) is 0 Å². The van der Waals surface area contributed by atoms with E-state index in [9.17, 15) is 14.4 Å². The number of benzene rings is 2. The summed E-state index contributed by atoms with van der Waals surface area (Å²) in [6.07, 6.45) is 7.11. The number of likely N-dealkylation sites (tertiary alicyclic amines) is 1. The molecule has 174 valence electrons. The number of piperidine rings is 1. The van der Waals surface area contributed by atoms with E-state index in [-0.39, 0.29) is 23.8 Å². The molecule has 0 spiro atoms. The van der Waals surface area contributed by atoms with E-state index in [1.165, 1.54) is 6.42 Å². The third kappa shape index (κ3) is 5.92. The first kappa shape index (κ1) is 22.8. The Hall–Kier alpha value is -3.35. The van der Waals surface area contributed by atoms with Crippen molar-refractivity contribution in [2.45, 2.75) is 51.0 Å². The Morgan fingerprint density at radius 2 is 1.33 bits per heavy atom. The Kier molecular flexibility index (Phi) is 7.27. The third-order valence-corrected chi connectivity index (χ3v) is 6.58. The SMILES string of the molecule is NC(=O)c1ccc(Oc2ccc(C(=O)N3CCC(NC(=O)C4CCCCC4)CC3)cc2)cc1. The largest absolute Gasteiger partial charge is 0.457 e. The van der Waals surface area contributed by atoms with Crippen LogP contribution in [-0.4, -0.2) is 41.8 Å². The van der Waals surface area contributed by atoms with Crippen molar-refractivity contribution in [3.05, 3.63) is 59.7 Å². The van der Waals surface area contributed by atoms with Crippen LogP contribution in [0.15, 0.2) is 48.5 Å². The van der Waals surface area contributed by atoms with Gasteiger partial charge in [0.05, 0.1) is 0 Å². The van der Waals surface area contributed by atoms with Crippen LogP contribution >= 0.6 is 0 Å². The van der Waals surface area contributed by atoms with E-state index < -0.39 is 5.91 Å². The minimum absolute atomic E-state index is 0.00980. The topological polar surface area (TPSA) is 102 Å². The fourth-order valence-corrected chi connectivity index (χ4v) is 4.58. The molecule has 2 aliphatic rings. The van der Waals surface area contributed by atoms with E-state index in [1.54, 1.807) is 48.5 Å². The third-order valence-electron chi connectivity index (χ3n) is 6.58. The zero-order valence-corrected chi connectivity index (χ0v) is 18.8. The van der Waals surface area contributed by atoms with Crippen LogP contribution in [0.1, 0.15) is 65.7 Å². The Morgan fingerprint density at radius 3 is 1.88 bits per heavy atom. The van der Waals surface area contributed by atoms with Crippen LogP contribution in [0.3, 0.4) is 0 Å². The number of amides is 3. The lowest BCUT2D eigenvalue weighted by atomic mass is 9.88. The molecular formula is C26H31N3O4. The molecule has 7 nitrogen and oxygen atoms in total. The van der Waals surface area contributed by atoms with Gasteiger partial charge in [-0.25, -0.2) is 0 Å². The highest BCUT2D eigenvalue weighted by molar-refractivity contribution is 5.94. The summed E-state index contributed by atoms with van der Waals surface area (Å²) in [5.74, 6) is 1.04. The second-order valence-corrected chi connectivity index (χ2v) is 8.93. The predicted molar refractivity (Wildman–Crippen MR) is 125 cm³/mol. The van der Waals surface area contributed by atoms with Crippen LogP contribution in [0, 0.1) is 5.92 Å². The summed E-state index contributed by atoms with van der Waals surface area (Å²) < 4.78 is 5.78. The molecule has 1 aliphatic carbocycles. The van der Waals surface area contributed by atoms with E-state index in [0.717, 1.165) is 38.5 Å². The van der Waals surface area contributed by atoms with Gasteiger partial charge in [-0.1, -0.05) is 19.3 Å². The van der Waals surface area contributed by atoms with Crippen molar-refractivity contribution < 1.29 is 19.1 Å². The highest BCUT2D eigenvalue weighted by atomic mass is 16.5. The van der Waals surface area contributed by atoms with Crippen molar-refractivity contribution >= 4 is 17.7 Å². The predicted octanol–water partition coefficient (Wildman–Crippen LogP) is 3.88. The van der Waals surface area contributed by atoms with Crippen molar-refractivity contribution in [3.63, 3.8) is 0 Å². The molecule has 7 heteroatoms. The van der Waals surface area contributed by atoms with Crippen LogP contribution < -0.4 is 15.8 Å². The number of hydrogen-bond donors (Lipinski definition) is 2. The molecule has 0 atom stereocenters. The minimum Gasteiger partial charge on any atom is -0.457 e. The monoisotopic (exact) mass is 449 g/mol. The quantitative estimate of drug-likeness (QED) is 0.699. The Labute approximate surface area is 194 Å². The molecule has 1 heterocycles. The van der Waals surface area contributed by atoms with Gasteiger partial charge >= 0.3 is 0 Å². The zero-order valence-electron chi connectivity index (χ0n) is 18.8. The van der Waals surface area contributed by atoms with Gasteiger partial charge in [0.1, 0.15) is 11.5 Å². The number of nitrogens with one attached hydrogen (secondary N) is 1. The summed E-state index contributed by atoms with van der Waals surface area (Å²) >= 11 is 0. The van der Waals surface area contributed by atoms with Gasteiger partial charge in [-0.3, -0.25) is 14.4 Å². The summed E-state index contributed by atoms with van der Waals surface area (Å²) in [6.45, 7) is 1.28. The highest BCUT2D eigenvalue weighted by Crippen LogP contribution is 2.25. The van der Waals surface area contributed by atoms with E-state index in [1.807, 2.05) is 4.90 Å². The molecule has 33 heavy (non-hydrogen) atoms. The first-order valence-corrected chi connectivity index (χ1v) is 11.8. The molecule has 1 saturated heterocycles. The molecule has 2 aromatic rings. The van der Waals surface area contributed by atoms with Gasteiger partial charge in [-0.05, 0) is 74.2 Å². The van der Waals surface area contributed by atoms with E-state index >= 15 is 0 Å². The van der Waals surface area contributed by atoms with Gasteiger partial charge in [-0.2, -0.15) is 0 Å². The lowest BCUT2D eigenvalue weighted by Crippen LogP contribution is -2.48. The maximum absolute atomic E-state index is 12.9. The second kappa shape index (κ2) is 10.5. The first-order chi connectivity index (χ1) is 16.0. The molecule has 0 aromatic heterocycles. The smallest absolute Gasteiger partial charge is 0.253 e. The van der Waals surface area contributed by atoms with Crippen molar-refractivity contribution in [1.82, 2.24) is 10.2 Å². The van der Waals surface area contributed by atoms with Gasteiger partial charge in [-0.15, -0.1) is 0 Å². The van der Waals surface area contributed by atoms with Crippen molar-refractivity contribution in [2.24, 2.45) is 11.7 Å². The molecular weight excluding hydrogens is 418 g/mol. The molecule has 1 aliphatic heterocycles. The molecule has 1 saturated carbocycles. The number of primary amides is 1. The molecule has 0 radical (unpaired) electrons. The summed E-state index contributed by atoms with van der Waals surface area (Å²) in [6, 6.07) is 13.7. The Bertz CT molecular complexity index is 974. The van der Waals surface area contributed by atoms with Crippen LogP contribution in [0.25, 0.3) is 0 Å². The summed E-state index contributed by atoms with van der Waals surface area (Å²) in [5, 5.41) is 3.21. The Balaban J connectivity index is 1.26. The lowest BCUT2D eigenvalue weighted by molar-refractivity contribution is -0.126. The molecule has 3 N–H and O–H groups in total. The first-order valence-electron chi connectivity index (χ1n) is 11.8. The van der Waals surface area contributed by atoms with Crippen LogP contribution in [-0.2, 0) is 4.79 Å². The van der Waals surface area contributed by atoms with E-state index in [2.05, 4.69) is 5.32 Å². The van der Waals surface area contributed by atoms with Gasteiger partial charge < -0.3 is 20.7 Å². The van der Waals surface area contributed by atoms with Crippen molar-refractivity contribution in [2.75, 3.05) is 13.1 Å². The fraction of sp³-hybridized carbons (Fsp3) is 0.423. The number of nitrogens with two attached hydrogens (primary N) is 1. The molecule has 0 bridgehead atoms.